The average molecular weight is 339 g/mol. The van der Waals surface area contributed by atoms with Crippen molar-refractivity contribution in [3.05, 3.63) is 84.4 Å². The van der Waals surface area contributed by atoms with Crippen molar-refractivity contribution in [1.82, 2.24) is 4.98 Å². The van der Waals surface area contributed by atoms with Crippen LogP contribution in [0.2, 0.25) is 0 Å². The molecule has 3 nitrogen and oxygen atoms in total. The first-order valence-corrected chi connectivity index (χ1v) is 8.38. The van der Waals surface area contributed by atoms with E-state index in [2.05, 4.69) is 18.2 Å². The zero-order valence-corrected chi connectivity index (χ0v) is 14.3. The van der Waals surface area contributed by atoms with E-state index in [1.54, 1.807) is 13.2 Å². The van der Waals surface area contributed by atoms with Gasteiger partial charge in [0.25, 0.3) is 0 Å². The molecule has 0 aliphatic heterocycles. The van der Waals surface area contributed by atoms with E-state index in [-0.39, 0.29) is 0 Å². The van der Waals surface area contributed by atoms with Crippen molar-refractivity contribution in [1.29, 1.82) is 0 Å². The lowest BCUT2D eigenvalue weighted by molar-refractivity contribution is 0.112. The third-order valence-electron chi connectivity index (χ3n) is 4.42. The predicted molar refractivity (Wildman–Crippen MR) is 105 cm³/mol. The van der Waals surface area contributed by atoms with Gasteiger partial charge in [0, 0.05) is 16.5 Å². The Hall–Kier alpha value is -3.46. The van der Waals surface area contributed by atoms with E-state index in [1.807, 2.05) is 54.6 Å². The number of pyridine rings is 1. The molecule has 0 amide bonds. The SMILES string of the molecule is COc1ccc2nc(-c3cccc(C=O)c3)cc(-c3ccccc3)c2c1. The molecular formula is C23H17NO2. The molecule has 0 bridgehead atoms. The normalized spacial score (nSPS) is 10.7. The van der Waals surface area contributed by atoms with Crippen LogP contribution >= 0.6 is 0 Å². The molecule has 3 aromatic carbocycles. The summed E-state index contributed by atoms with van der Waals surface area (Å²) in [6, 6.07) is 25.7. The Labute approximate surface area is 151 Å². The summed E-state index contributed by atoms with van der Waals surface area (Å²) in [5, 5.41) is 1.03. The molecule has 0 saturated heterocycles. The van der Waals surface area contributed by atoms with Crippen molar-refractivity contribution < 1.29 is 9.53 Å². The minimum atomic E-state index is 0.639. The van der Waals surface area contributed by atoms with Gasteiger partial charge in [0.05, 0.1) is 18.3 Å². The number of benzene rings is 3. The number of fused-ring (bicyclic) bond motifs is 1. The largest absolute Gasteiger partial charge is 0.497 e. The predicted octanol–water partition coefficient (Wildman–Crippen LogP) is 5.39. The quantitative estimate of drug-likeness (QED) is 0.468. The zero-order valence-electron chi connectivity index (χ0n) is 14.3. The Morgan fingerprint density at radius 3 is 2.42 bits per heavy atom. The highest BCUT2D eigenvalue weighted by molar-refractivity contribution is 5.97. The molecule has 0 N–H and O–H groups in total. The molecule has 1 heterocycles. The monoisotopic (exact) mass is 339 g/mol. The molecule has 3 heteroatoms. The van der Waals surface area contributed by atoms with Gasteiger partial charge in [-0.2, -0.15) is 0 Å². The summed E-state index contributed by atoms with van der Waals surface area (Å²) < 4.78 is 5.39. The van der Waals surface area contributed by atoms with Crippen molar-refractivity contribution in [2.24, 2.45) is 0 Å². The fourth-order valence-electron chi connectivity index (χ4n) is 3.11. The smallest absolute Gasteiger partial charge is 0.150 e. The van der Waals surface area contributed by atoms with Gasteiger partial charge >= 0.3 is 0 Å². The molecule has 0 unspecified atom stereocenters. The second kappa shape index (κ2) is 6.81. The van der Waals surface area contributed by atoms with E-state index < -0.39 is 0 Å². The molecule has 126 valence electrons. The lowest BCUT2D eigenvalue weighted by atomic mass is 9.97. The first-order chi connectivity index (χ1) is 12.8. The maximum Gasteiger partial charge on any atom is 0.150 e. The number of aromatic nitrogens is 1. The van der Waals surface area contributed by atoms with E-state index in [9.17, 15) is 4.79 Å². The van der Waals surface area contributed by atoms with Gasteiger partial charge in [-0.15, -0.1) is 0 Å². The lowest BCUT2D eigenvalue weighted by Crippen LogP contribution is -1.92. The Kier molecular flexibility index (Phi) is 4.20. The van der Waals surface area contributed by atoms with Gasteiger partial charge in [-0.25, -0.2) is 4.98 Å². The summed E-state index contributed by atoms with van der Waals surface area (Å²) in [5.41, 5.74) is 5.48. The van der Waals surface area contributed by atoms with Gasteiger partial charge in [-0.3, -0.25) is 4.79 Å². The van der Waals surface area contributed by atoms with E-state index in [0.717, 1.165) is 45.3 Å². The van der Waals surface area contributed by atoms with Crippen molar-refractivity contribution in [3.8, 4) is 28.1 Å². The Morgan fingerprint density at radius 1 is 0.846 bits per heavy atom. The van der Waals surface area contributed by atoms with Gasteiger partial charge in [0.1, 0.15) is 12.0 Å². The molecule has 26 heavy (non-hydrogen) atoms. The van der Waals surface area contributed by atoms with Crippen LogP contribution in [0.5, 0.6) is 5.75 Å². The van der Waals surface area contributed by atoms with Crippen LogP contribution in [0.25, 0.3) is 33.3 Å². The molecule has 4 aromatic rings. The van der Waals surface area contributed by atoms with Crippen LogP contribution in [0, 0.1) is 0 Å². The summed E-state index contributed by atoms with van der Waals surface area (Å²) in [6.07, 6.45) is 0.855. The van der Waals surface area contributed by atoms with Crippen LogP contribution < -0.4 is 4.74 Å². The minimum Gasteiger partial charge on any atom is -0.497 e. The van der Waals surface area contributed by atoms with Crippen LogP contribution in [0.1, 0.15) is 10.4 Å². The lowest BCUT2D eigenvalue weighted by Gasteiger charge is -2.12. The maximum atomic E-state index is 11.1. The number of rotatable bonds is 4. The first-order valence-electron chi connectivity index (χ1n) is 8.38. The van der Waals surface area contributed by atoms with E-state index in [1.165, 1.54) is 0 Å². The van der Waals surface area contributed by atoms with Gasteiger partial charge in [0.2, 0.25) is 0 Å². The molecular weight excluding hydrogens is 322 g/mol. The van der Waals surface area contributed by atoms with Crippen molar-refractivity contribution in [2.45, 2.75) is 0 Å². The van der Waals surface area contributed by atoms with E-state index in [4.69, 9.17) is 9.72 Å². The van der Waals surface area contributed by atoms with Crippen LogP contribution in [0.15, 0.2) is 78.9 Å². The molecule has 0 radical (unpaired) electrons. The highest BCUT2D eigenvalue weighted by Gasteiger charge is 2.11. The molecule has 4 rings (SSSR count). The fourth-order valence-corrected chi connectivity index (χ4v) is 3.11. The van der Waals surface area contributed by atoms with Crippen molar-refractivity contribution in [2.75, 3.05) is 7.11 Å². The minimum absolute atomic E-state index is 0.639. The number of ether oxygens (including phenoxy) is 1. The Morgan fingerprint density at radius 2 is 1.65 bits per heavy atom. The molecule has 0 spiro atoms. The standard InChI is InChI=1S/C23H17NO2/c1-26-19-10-11-22-21(13-19)20(17-7-3-2-4-8-17)14-23(24-22)18-9-5-6-16(12-18)15-25/h2-15H,1H3. The van der Waals surface area contributed by atoms with Crippen molar-refractivity contribution >= 4 is 17.2 Å². The molecule has 0 aliphatic rings. The number of hydrogen-bond acceptors (Lipinski definition) is 3. The number of nitrogens with zero attached hydrogens (tertiary/aromatic N) is 1. The second-order valence-electron chi connectivity index (χ2n) is 6.05. The van der Waals surface area contributed by atoms with Crippen LogP contribution in [0.4, 0.5) is 0 Å². The van der Waals surface area contributed by atoms with Gasteiger partial charge in [0.15, 0.2) is 0 Å². The van der Waals surface area contributed by atoms with Gasteiger partial charge < -0.3 is 4.74 Å². The molecule has 0 saturated carbocycles. The maximum absolute atomic E-state index is 11.1. The Balaban J connectivity index is 2.00. The summed E-state index contributed by atoms with van der Waals surface area (Å²) >= 11 is 0. The number of methoxy groups -OCH3 is 1. The summed E-state index contributed by atoms with van der Waals surface area (Å²) in [7, 11) is 1.66. The zero-order chi connectivity index (χ0) is 17.9. The van der Waals surface area contributed by atoms with E-state index >= 15 is 0 Å². The fraction of sp³-hybridized carbons (Fsp3) is 0.0435. The highest BCUT2D eigenvalue weighted by atomic mass is 16.5. The van der Waals surface area contributed by atoms with Gasteiger partial charge in [-0.1, -0.05) is 48.5 Å². The van der Waals surface area contributed by atoms with Gasteiger partial charge in [-0.05, 0) is 41.5 Å². The van der Waals surface area contributed by atoms with E-state index in [0.29, 0.717) is 5.56 Å². The number of carbonyl (C=O) groups excluding carboxylic acids is 1. The number of carbonyl (C=O) groups is 1. The molecule has 0 atom stereocenters. The number of aldehydes is 1. The highest BCUT2D eigenvalue weighted by Crippen LogP contribution is 2.34. The first kappa shape index (κ1) is 16.0. The number of hydrogen-bond donors (Lipinski definition) is 0. The molecule has 1 aromatic heterocycles. The topological polar surface area (TPSA) is 39.2 Å². The molecule has 0 aliphatic carbocycles. The van der Waals surface area contributed by atoms with Crippen LogP contribution in [-0.2, 0) is 0 Å². The Bertz CT molecular complexity index is 1090. The average Bonchev–Trinajstić information content (AvgIpc) is 2.73. The van der Waals surface area contributed by atoms with Crippen LogP contribution in [-0.4, -0.2) is 18.4 Å². The third kappa shape index (κ3) is 2.95. The second-order valence-corrected chi connectivity index (χ2v) is 6.05. The summed E-state index contributed by atoms with van der Waals surface area (Å²) in [5.74, 6) is 0.798. The van der Waals surface area contributed by atoms with Crippen LogP contribution in [0.3, 0.4) is 0 Å². The van der Waals surface area contributed by atoms with Crippen molar-refractivity contribution in [3.63, 3.8) is 0 Å². The third-order valence-corrected chi connectivity index (χ3v) is 4.42. The summed E-state index contributed by atoms with van der Waals surface area (Å²) in [6.45, 7) is 0. The molecule has 0 fully saturated rings. The summed E-state index contributed by atoms with van der Waals surface area (Å²) in [4.78, 5) is 15.9.